The predicted octanol–water partition coefficient (Wildman–Crippen LogP) is 1.17. The Morgan fingerprint density at radius 2 is 2.06 bits per heavy atom. The Hall–Kier alpha value is -2.04. The van der Waals surface area contributed by atoms with Gasteiger partial charge in [-0.1, -0.05) is 12.1 Å². The highest BCUT2D eigenvalue weighted by atomic mass is 16.5. The second-order valence-electron chi connectivity index (χ2n) is 3.94. The van der Waals surface area contributed by atoms with Crippen molar-refractivity contribution in [1.82, 2.24) is 4.90 Å². The van der Waals surface area contributed by atoms with Crippen LogP contribution in [-0.4, -0.2) is 41.6 Å². The molecule has 17 heavy (non-hydrogen) atoms. The van der Waals surface area contributed by atoms with Crippen LogP contribution in [0.1, 0.15) is 5.56 Å². The molecule has 1 N–H and O–H groups in total. The number of likely N-dealkylation sites (tertiary alicyclic amines) is 1. The molecule has 0 unspecified atom stereocenters. The molecule has 0 aromatic heterocycles. The highest BCUT2D eigenvalue weighted by molar-refractivity contribution is 5.66. The first-order valence-electron chi connectivity index (χ1n) is 5.36. The van der Waals surface area contributed by atoms with Crippen molar-refractivity contribution in [2.24, 2.45) is 0 Å². The topological polar surface area (TPSA) is 66.8 Å². The lowest BCUT2D eigenvalue weighted by atomic mass is 10.1. The van der Waals surface area contributed by atoms with E-state index in [1.54, 1.807) is 12.1 Å². The largest absolute Gasteiger partial charge is 0.487 e. The van der Waals surface area contributed by atoms with Crippen LogP contribution < -0.4 is 4.74 Å². The molecule has 5 heteroatoms. The van der Waals surface area contributed by atoms with Gasteiger partial charge in [0.15, 0.2) is 0 Å². The second-order valence-corrected chi connectivity index (χ2v) is 3.94. The lowest BCUT2D eigenvalue weighted by Crippen LogP contribution is -2.55. The zero-order valence-electron chi connectivity index (χ0n) is 9.20. The van der Waals surface area contributed by atoms with Gasteiger partial charge in [0.1, 0.15) is 18.1 Å². The first-order chi connectivity index (χ1) is 8.19. The standard InChI is InChI=1S/C12H13NO4/c14-6-5-9-1-3-10(4-2-9)17-11-7-13(8-11)12(15)16/h1-4,6,11H,5,7-8H2,(H,15,16). The number of aldehydes is 1. The maximum atomic E-state index is 10.5. The van der Waals surface area contributed by atoms with Crippen molar-refractivity contribution < 1.29 is 19.4 Å². The molecule has 1 heterocycles. The number of hydrogen-bond donors (Lipinski definition) is 1. The Morgan fingerprint density at radius 3 is 2.59 bits per heavy atom. The third-order valence-corrected chi connectivity index (χ3v) is 2.66. The summed E-state index contributed by atoms with van der Waals surface area (Å²) in [6.45, 7) is 0.816. The van der Waals surface area contributed by atoms with Gasteiger partial charge >= 0.3 is 6.09 Å². The Kier molecular flexibility index (Phi) is 3.27. The number of ether oxygens (including phenoxy) is 1. The smallest absolute Gasteiger partial charge is 0.407 e. The molecule has 1 aromatic carbocycles. The number of carbonyl (C=O) groups excluding carboxylic acids is 1. The van der Waals surface area contributed by atoms with Gasteiger partial charge in [-0.25, -0.2) is 4.79 Å². The molecular formula is C12H13NO4. The number of benzene rings is 1. The lowest BCUT2D eigenvalue weighted by molar-refractivity contribution is -0.107. The monoisotopic (exact) mass is 235 g/mol. The van der Waals surface area contributed by atoms with E-state index in [2.05, 4.69) is 0 Å². The van der Waals surface area contributed by atoms with Gasteiger partial charge in [0.2, 0.25) is 0 Å². The van der Waals surface area contributed by atoms with Gasteiger partial charge < -0.3 is 19.5 Å². The Labute approximate surface area is 98.6 Å². The third-order valence-electron chi connectivity index (χ3n) is 2.66. The fraction of sp³-hybridized carbons (Fsp3) is 0.333. The number of amides is 1. The van der Waals surface area contributed by atoms with E-state index in [4.69, 9.17) is 9.84 Å². The van der Waals surface area contributed by atoms with E-state index >= 15 is 0 Å². The Bertz CT molecular complexity index is 409. The summed E-state index contributed by atoms with van der Waals surface area (Å²) in [5.74, 6) is 0.703. The van der Waals surface area contributed by atoms with Crippen molar-refractivity contribution in [3.8, 4) is 5.75 Å². The summed E-state index contributed by atoms with van der Waals surface area (Å²) in [5, 5.41) is 8.65. The minimum Gasteiger partial charge on any atom is -0.487 e. The molecule has 0 saturated carbocycles. The fourth-order valence-corrected chi connectivity index (χ4v) is 1.66. The molecule has 0 radical (unpaired) electrons. The van der Waals surface area contributed by atoms with E-state index in [0.29, 0.717) is 25.3 Å². The van der Waals surface area contributed by atoms with E-state index in [9.17, 15) is 9.59 Å². The number of carbonyl (C=O) groups is 2. The highest BCUT2D eigenvalue weighted by Gasteiger charge is 2.31. The number of nitrogens with zero attached hydrogens (tertiary/aromatic N) is 1. The van der Waals surface area contributed by atoms with Gasteiger partial charge in [0.25, 0.3) is 0 Å². The Balaban J connectivity index is 1.84. The van der Waals surface area contributed by atoms with Crippen LogP contribution in [0.5, 0.6) is 5.75 Å². The molecule has 1 aliphatic heterocycles. The maximum Gasteiger partial charge on any atom is 0.407 e. The summed E-state index contributed by atoms with van der Waals surface area (Å²) in [4.78, 5) is 22.1. The number of rotatable bonds is 4. The van der Waals surface area contributed by atoms with Gasteiger partial charge in [-0.2, -0.15) is 0 Å². The van der Waals surface area contributed by atoms with E-state index in [1.807, 2.05) is 12.1 Å². The van der Waals surface area contributed by atoms with Gasteiger partial charge in [-0.15, -0.1) is 0 Å². The normalized spacial score (nSPS) is 15.2. The van der Waals surface area contributed by atoms with E-state index in [-0.39, 0.29) is 6.10 Å². The minimum atomic E-state index is -0.911. The second kappa shape index (κ2) is 4.86. The quantitative estimate of drug-likeness (QED) is 0.795. The first kappa shape index (κ1) is 11.4. The summed E-state index contributed by atoms with van der Waals surface area (Å²) < 4.78 is 5.57. The van der Waals surface area contributed by atoms with Crippen molar-refractivity contribution in [2.45, 2.75) is 12.5 Å². The molecular weight excluding hydrogens is 222 g/mol. The molecule has 0 aliphatic carbocycles. The first-order valence-corrected chi connectivity index (χ1v) is 5.36. The summed E-state index contributed by atoms with van der Waals surface area (Å²) >= 11 is 0. The van der Waals surface area contributed by atoms with Crippen LogP contribution in [0.3, 0.4) is 0 Å². The van der Waals surface area contributed by atoms with Crippen LogP contribution in [0, 0.1) is 0 Å². The van der Waals surface area contributed by atoms with Crippen molar-refractivity contribution in [2.75, 3.05) is 13.1 Å². The van der Waals surface area contributed by atoms with Crippen LogP contribution >= 0.6 is 0 Å². The molecule has 0 atom stereocenters. The molecule has 90 valence electrons. The molecule has 0 spiro atoms. The lowest BCUT2D eigenvalue weighted by Gasteiger charge is -2.36. The van der Waals surface area contributed by atoms with E-state index < -0.39 is 6.09 Å². The van der Waals surface area contributed by atoms with Gasteiger partial charge in [0.05, 0.1) is 13.1 Å². The van der Waals surface area contributed by atoms with Crippen LogP contribution in [0.25, 0.3) is 0 Å². The summed E-state index contributed by atoms with van der Waals surface area (Å²) in [7, 11) is 0. The van der Waals surface area contributed by atoms with Gasteiger partial charge in [0, 0.05) is 6.42 Å². The fourth-order valence-electron chi connectivity index (χ4n) is 1.66. The minimum absolute atomic E-state index is 0.0666. The predicted molar refractivity (Wildman–Crippen MR) is 60.2 cm³/mol. The van der Waals surface area contributed by atoms with Crippen LogP contribution in [0.15, 0.2) is 24.3 Å². The average Bonchev–Trinajstić information content (AvgIpc) is 2.25. The molecule has 1 amide bonds. The highest BCUT2D eigenvalue weighted by Crippen LogP contribution is 2.18. The summed E-state index contributed by atoms with van der Waals surface area (Å²) in [5.41, 5.74) is 0.938. The van der Waals surface area contributed by atoms with Gasteiger partial charge in [-0.05, 0) is 17.7 Å². The molecule has 0 bridgehead atoms. The van der Waals surface area contributed by atoms with Gasteiger partial charge in [-0.3, -0.25) is 0 Å². The molecule has 1 aliphatic rings. The Morgan fingerprint density at radius 1 is 1.41 bits per heavy atom. The molecule has 2 rings (SSSR count). The molecule has 1 aromatic rings. The van der Waals surface area contributed by atoms with Crippen LogP contribution in [-0.2, 0) is 11.2 Å². The zero-order valence-corrected chi connectivity index (χ0v) is 9.20. The van der Waals surface area contributed by atoms with Crippen molar-refractivity contribution in [3.05, 3.63) is 29.8 Å². The van der Waals surface area contributed by atoms with Crippen LogP contribution in [0.2, 0.25) is 0 Å². The summed E-state index contributed by atoms with van der Waals surface area (Å²) in [6, 6.07) is 7.25. The maximum absolute atomic E-state index is 10.5. The molecule has 1 fully saturated rings. The molecule has 1 saturated heterocycles. The van der Waals surface area contributed by atoms with Crippen LogP contribution in [0.4, 0.5) is 4.79 Å². The van der Waals surface area contributed by atoms with E-state index in [0.717, 1.165) is 11.8 Å². The van der Waals surface area contributed by atoms with Crippen molar-refractivity contribution >= 4 is 12.4 Å². The molecule has 5 nitrogen and oxygen atoms in total. The zero-order chi connectivity index (χ0) is 12.3. The van der Waals surface area contributed by atoms with Crippen molar-refractivity contribution in [1.29, 1.82) is 0 Å². The SMILES string of the molecule is O=CCc1ccc(OC2CN(C(=O)O)C2)cc1. The number of carboxylic acid groups (broad SMARTS) is 1. The summed E-state index contributed by atoms with van der Waals surface area (Å²) in [6.07, 6.45) is 0.275. The van der Waals surface area contributed by atoms with E-state index in [1.165, 1.54) is 4.90 Å². The average molecular weight is 235 g/mol. The number of hydrogen-bond acceptors (Lipinski definition) is 3. The van der Waals surface area contributed by atoms with Crippen molar-refractivity contribution in [3.63, 3.8) is 0 Å². The third kappa shape index (κ3) is 2.75.